The van der Waals surface area contributed by atoms with E-state index in [2.05, 4.69) is 25.3 Å². The number of rotatable bonds is 7. The van der Waals surface area contributed by atoms with Gasteiger partial charge < -0.3 is 14.5 Å². The van der Waals surface area contributed by atoms with Crippen LogP contribution in [0.1, 0.15) is 49.7 Å². The molecule has 0 aliphatic carbocycles. The number of carbonyl (C=O) groups is 2. The quantitative estimate of drug-likeness (QED) is 0.658. The first-order valence-electron chi connectivity index (χ1n) is 10.6. The first kappa shape index (κ1) is 22.3. The number of hydrogen-bond donors (Lipinski definition) is 0. The molecule has 0 spiro atoms. The molecular weight excluding hydrogens is 396 g/mol. The molecule has 1 aromatic carbocycles. The van der Waals surface area contributed by atoms with Crippen LogP contribution in [0, 0.1) is 11.8 Å². The van der Waals surface area contributed by atoms with Crippen molar-refractivity contribution in [1.29, 1.82) is 0 Å². The minimum absolute atomic E-state index is 0.00215. The lowest BCUT2D eigenvalue weighted by molar-refractivity contribution is -0.143. The number of ether oxygens (including phenoxy) is 1. The molecule has 2 aromatic rings. The monoisotopic (exact) mass is 428 g/mol. The fourth-order valence-electron chi connectivity index (χ4n) is 4.02. The van der Waals surface area contributed by atoms with Gasteiger partial charge in [-0.1, -0.05) is 39.8 Å². The maximum atomic E-state index is 13.5. The smallest absolute Gasteiger partial charge is 0.242 e. The van der Waals surface area contributed by atoms with Gasteiger partial charge in [-0.15, -0.1) is 11.3 Å². The lowest BCUT2D eigenvalue weighted by Crippen LogP contribution is -2.48. The third kappa shape index (κ3) is 4.86. The second-order valence-corrected chi connectivity index (χ2v) is 9.58. The Hall–Kier alpha value is -2.34. The Morgan fingerprint density at radius 3 is 2.47 bits per heavy atom. The predicted molar refractivity (Wildman–Crippen MR) is 121 cm³/mol. The third-order valence-electron chi connectivity index (χ3n) is 5.44. The van der Waals surface area contributed by atoms with Crippen molar-refractivity contribution in [2.45, 2.75) is 40.2 Å². The van der Waals surface area contributed by atoms with E-state index in [9.17, 15) is 9.59 Å². The molecule has 0 saturated heterocycles. The Kier molecular flexibility index (Phi) is 7.19. The van der Waals surface area contributed by atoms with Crippen LogP contribution < -0.4 is 4.74 Å². The van der Waals surface area contributed by atoms with Crippen LogP contribution in [0.25, 0.3) is 0 Å². The van der Waals surface area contributed by atoms with E-state index in [0.717, 1.165) is 17.7 Å². The fourth-order valence-corrected chi connectivity index (χ4v) is 4.93. The largest absolute Gasteiger partial charge is 0.497 e. The fraction of sp³-hybridized carbons (Fsp3) is 0.500. The van der Waals surface area contributed by atoms with Crippen LogP contribution in [0.2, 0.25) is 0 Å². The standard InChI is InChI=1S/C24H32N2O3S/c1-16(2)14-25(24(28)17(3)4)15-22(27)26-12-10-21-20(11-13-30-21)23(26)18-6-8-19(29-5)9-7-18/h6-9,11,13,16-17,23H,10,12,14-15H2,1-5H3. The summed E-state index contributed by atoms with van der Waals surface area (Å²) >= 11 is 1.75. The van der Waals surface area contributed by atoms with Gasteiger partial charge in [0.05, 0.1) is 19.7 Å². The van der Waals surface area contributed by atoms with E-state index in [1.165, 1.54) is 10.4 Å². The summed E-state index contributed by atoms with van der Waals surface area (Å²) in [4.78, 5) is 31.2. The van der Waals surface area contributed by atoms with Crippen LogP contribution in [-0.4, -0.2) is 48.4 Å². The Morgan fingerprint density at radius 2 is 1.87 bits per heavy atom. The molecule has 0 N–H and O–H groups in total. The molecule has 1 aromatic heterocycles. The molecule has 30 heavy (non-hydrogen) atoms. The van der Waals surface area contributed by atoms with Gasteiger partial charge >= 0.3 is 0 Å². The summed E-state index contributed by atoms with van der Waals surface area (Å²) in [5.41, 5.74) is 2.25. The highest BCUT2D eigenvalue weighted by atomic mass is 32.1. The minimum Gasteiger partial charge on any atom is -0.497 e. The highest BCUT2D eigenvalue weighted by Gasteiger charge is 2.34. The van der Waals surface area contributed by atoms with E-state index in [4.69, 9.17) is 4.74 Å². The predicted octanol–water partition coefficient (Wildman–Crippen LogP) is 4.37. The maximum Gasteiger partial charge on any atom is 0.242 e. The third-order valence-corrected chi connectivity index (χ3v) is 6.43. The van der Waals surface area contributed by atoms with Gasteiger partial charge in [-0.25, -0.2) is 0 Å². The highest BCUT2D eigenvalue weighted by Crippen LogP contribution is 2.38. The topological polar surface area (TPSA) is 49.9 Å². The molecule has 2 amide bonds. The second-order valence-electron chi connectivity index (χ2n) is 8.58. The van der Waals surface area contributed by atoms with Gasteiger partial charge in [0.15, 0.2) is 0 Å². The Balaban J connectivity index is 1.89. The van der Waals surface area contributed by atoms with E-state index < -0.39 is 0 Å². The van der Waals surface area contributed by atoms with Gasteiger partial charge in [0.25, 0.3) is 0 Å². The average Bonchev–Trinajstić information content (AvgIpc) is 3.20. The normalized spacial score (nSPS) is 16.0. The van der Waals surface area contributed by atoms with E-state index in [1.54, 1.807) is 23.3 Å². The van der Waals surface area contributed by atoms with E-state index in [0.29, 0.717) is 19.0 Å². The number of fused-ring (bicyclic) bond motifs is 1. The number of methoxy groups -OCH3 is 1. The van der Waals surface area contributed by atoms with Gasteiger partial charge in [0, 0.05) is 23.9 Å². The summed E-state index contributed by atoms with van der Waals surface area (Å²) in [5, 5.41) is 2.10. The summed E-state index contributed by atoms with van der Waals surface area (Å²) in [5.74, 6) is 1.01. The van der Waals surface area contributed by atoms with Crippen molar-refractivity contribution in [2.24, 2.45) is 11.8 Å². The molecule has 1 aliphatic rings. The summed E-state index contributed by atoms with van der Waals surface area (Å²) in [7, 11) is 1.65. The number of nitrogens with zero attached hydrogens (tertiary/aromatic N) is 2. The maximum absolute atomic E-state index is 13.5. The molecule has 5 nitrogen and oxygen atoms in total. The number of thiophene rings is 1. The van der Waals surface area contributed by atoms with Crippen LogP contribution in [0.5, 0.6) is 5.75 Å². The first-order valence-corrected chi connectivity index (χ1v) is 11.5. The number of hydrogen-bond acceptors (Lipinski definition) is 4. The molecule has 2 heterocycles. The van der Waals surface area contributed by atoms with E-state index >= 15 is 0 Å². The summed E-state index contributed by atoms with van der Waals surface area (Å²) in [6.07, 6.45) is 0.855. The average molecular weight is 429 g/mol. The SMILES string of the molecule is COc1ccc(C2c3ccsc3CCN2C(=O)CN(CC(C)C)C(=O)C(C)C)cc1. The molecule has 1 unspecified atom stereocenters. The van der Waals surface area contributed by atoms with E-state index in [-0.39, 0.29) is 30.3 Å². The van der Waals surface area contributed by atoms with E-state index in [1.807, 2.05) is 43.0 Å². The zero-order valence-corrected chi connectivity index (χ0v) is 19.4. The van der Waals surface area contributed by atoms with Crippen molar-refractivity contribution in [3.8, 4) is 5.75 Å². The first-order chi connectivity index (χ1) is 14.3. The van der Waals surface area contributed by atoms with Crippen molar-refractivity contribution >= 4 is 23.2 Å². The second kappa shape index (κ2) is 9.65. The Labute approximate surface area is 183 Å². The lowest BCUT2D eigenvalue weighted by Gasteiger charge is -2.38. The van der Waals surface area contributed by atoms with Crippen LogP contribution in [0.3, 0.4) is 0 Å². The van der Waals surface area contributed by atoms with Crippen molar-refractivity contribution in [3.63, 3.8) is 0 Å². The number of carbonyl (C=O) groups excluding carboxylic acids is 2. The molecule has 0 fully saturated rings. The summed E-state index contributed by atoms with van der Waals surface area (Å²) in [6, 6.07) is 9.93. The number of benzene rings is 1. The summed E-state index contributed by atoms with van der Waals surface area (Å²) < 4.78 is 5.30. The van der Waals surface area contributed by atoms with Crippen LogP contribution in [0.4, 0.5) is 0 Å². The van der Waals surface area contributed by atoms with Crippen molar-refractivity contribution in [2.75, 3.05) is 26.7 Å². The van der Waals surface area contributed by atoms with Crippen LogP contribution in [-0.2, 0) is 16.0 Å². The van der Waals surface area contributed by atoms with Gasteiger partial charge in [-0.3, -0.25) is 9.59 Å². The molecule has 6 heteroatoms. The van der Waals surface area contributed by atoms with Crippen LogP contribution in [0.15, 0.2) is 35.7 Å². The lowest BCUT2D eigenvalue weighted by atomic mass is 9.93. The molecule has 0 bridgehead atoms. The Bertz CT molecular complexity index is 873. The molecule has 1 atom stereocenters. The summed E-state index contributed by atoms with van der Waals surface area (Å²) in [6.45, 7) is 9.30. The minimum atomic E-state index is -0.131. The number of amides is 2. The van der Waals surface area contributed by atoms with Gasteiger partial charge in [-0.05, 0) is 47.0 Å². The van der Waals surface area contributed by atoms with Gasteiger partial charge in [0.1, 0.15) is 5.75 Å². The molecule has 3 rings (SSSR count). The van der Waals surface area contributed by atoms with Gasteiger partial charge in [0.2, 0.25) is 11.8 Å². The molecular formula is C24H32N2O3S. The van der Waals surface area contributed by atoms with Crippen LogP contribution >= 0.6 is 11.3 Å². The van der Waals surface area contributed by atoms with Crippen molar-refractivity contribution in [3.05, 3.63) is 51.7 Å². The highest BCUT2D eigenvalue weighted by molar-refractivity contribution is 7.10. The molecule has 0 saturated carbocycles. The van der Waals surface area contributed by atoms with Crippen molar-refractivity contribution in [1.82, 2.24) is 9.80 Å². The zero-order valence-electron chi connectivity index (χ0n) is 18.6. The Morgan fingerprint density at radius 1 is 1.17 bits per heavy atom. The van der Waals surface area contributed by atoms with Gasteiger partial charge in [-0.2, -0.15) is 0 Å². The zero-order chi connectivity index (χ0) is 21.8. The van der Waals surface area contributed by atoms with Crippen molar-refractivity contribution < 1.29 is 14.3 Å². The molecule has 0 radical (unpaired) electrons. The molecule has 1 aliphatic heterocycles. The molecule has 162 valence electrons.